The van der Waals surface area contributed by atoms with Gasteiger partial charge in [0.15, 0.2) is 0 Å². The molecule has 0 radical (unpaired) electrons. The summed E-state index contributed by atoms with van der Waals surface area (Å²) in [6, 6.07) is 17.1. The molecule has 0 heterocycles. The van der Waals surface area contributed by atoms with Crippen molar-refractivity contribution < 1.29 is 9.90 Å². The fourth-order valence-electron chi connectivity index (χ4n) is 2.81. The van der Waals surface area contributed by atoms with Gasteiger partial charge < -0.3 is 5.11 Å². The van der Waals surface area contributed by atoms with Crippen LogP contribution in [-0.2, 0) is 4.79 Å². The van der Waals surface area contributed by atoms with Gasteiger partial charge in [0, 0.05) is 11.5 Å². The minimum Gasteiger partial charge on any atom is -0.507 e. The Hall–Kier alpha value is -2.62. The summed E-state index contributed by atoms with van der Waals surface area (Å²) >= 11 is 0. The molecule has 4 nitrogen and oxygen atoms in total. The predicted octanol–water partition coefficient (Wildman–Crippen LogP) is 3.43. The summed E-state index contributed by atoms with van der Waals surface area (Å²) in [5.74, 6) is 0.404. The Morgan fingerprint density at radius 3 is 2.57 bits per heavy atom. The molecule has 23 heavy (non-hydrogen) atoms. The largest absolute Gasteiger partial charge is 0.507 e. The molecule has 1 aliphatic rings. The van der Waals surface area contributed by atoms with Crippen molar-refractivity contribution >= 4 is 11.6 Å². The summed E-state index contributed by atoms with van der Waals surface area (Å²) in [4.78, 5) is 12.2. The summed E-state index contributed by atoms with van der Waals surface area (Å²) < 4.78 is 0. The smallest absolute Gasteiger partial charge is 0.243 e. The van der Waals surface area contributed by atoms with Crippen molar-refractivity contribution in [1.29, 1.82) is 0 Å². The molecule has 2 aromatic carbocycles. The topological polar surface area (TPSA) is 61.7 Å². The van der Waals surface area contributed by atoms with Crippen molar-refractivity contribution in [2.75, 3.05) is 0 Å². The average Bonchev–Trinajstić information content (AvgIpc) is 3.38. The fourth-order valence-corrected chi connectivity index (χ4v) is 2.81. The van der Waals surface area contributed by atoms with E-state index >= 15 is 0 Å². The maximum Gasteiger partial charge on any atom is 0.243 e. The molecule has 2 N–H and O–H groups in total. The highest BCUT2D eigenvalue weighted by Gasteiger charge is 2.43. The van der Waals surface area contributed by atoms with E-state index in [1.807, 2.05) is 31.2 Å². The Labute approximate surface area is 135 Å². The number of rotatable bonds is 5. The first-order valence-corrected chi connectivity index (χ1v) is 7.90. The lowest BCUT2D eigenvalue weighted by molar-refractivity contribution is -0.122. The Bertz CT molecular complexity index is 725. The first kappa shape index (κ1) is 15.3. The average molecular weight is 308 g/mol. The van der Waals surface area contributed by atoms with Crippen molar-refractivity contribution in [2.24, 2.45) is 11.0 Å². The van der Waals surface area contributed by atoms with Gasteiger partial charge in [-0.25, -0.2) is 5.43 Å². The number of phenolic OH excluding ortho intramolecular Hbond substituents is 1. The lowest BCUT2D eigenvalue weighted by Gasteiger charge is -2.07. The van der Waals surface area contributed by atoms with Crippen LogP contribution in [0.1, 0.15) is 36.8 Å². The van der Waals surface area contributed by atoms with Gasteiger partial charge >= 0.3 is 0 Å². The van der Waals surface area contributed by atoms with E-state index in [4.69, 9.17) is 0 Å². The lowest BCUT2D eigenvalue weighted by atomic mass is 10.1. The third-order valence-electron chi connectivity index (χ3n) is 4.21. The van der Waals surface area contributed by atoms with Gasteiger partial charge in [-0.05, 0) is 36.5 Å². The molecule has 0 spiro atoms. The monoisotopic (exact) mass is 308 g/mol. The summed E-state index contributed by atoms with van der Waals surface area (Å²) in [5.41, 5.74) is 5.19. The van der Waals surface area contributed by atoms with E-state index in [1.165, 1.54) is 5.56 Å². The van der Waals surface area contributed by atoms with Crippen LogP contribution in [0.2, 0.25) is 0 Å². The molecule has 1 fully saturated rings. The van der Waals surface area contributed by atoms with Crippen LogP contribution in [0.15, 0.2) is 59.7 Å². The maximum atomic E-state index is 12.2. The Balaban J connectivity index is 1.65. The highest BCUT2D eigenvalue weighted by atomic mass is 16.3. The maximum absolute atomic E-state index is 12.2. The SMILES string of the molecule is CCC(=NNC(=O)[C@@H]1C[C@H]1c1ccccc1)c1ccccc1O. The number of carbonyl (C=O) groups excluding carboxylic acids is 1. The Kier molecular flexibility index (Phi) is 4.42. The van der Waals surface area contributed by atoms with E-state index in [-0.39, 0.29) is 17.6 Å². The lowest BCUT2D eigenvalue weighted by Crippen LogP contribution is -2.22. The number of carbonyl (C=O) groups is 1. The van der Waals surface area contributed by atoms with Crippen molar-refractivity contribution in [2.45, 2.75) is 25.7 Å². The highest BCUT2D eigenvalue weighted by Crippen LogP contribution is 2.47. The summed E-state index contributed by atoms with van der Waals surface area (Å²) in [7, 11) is 0. The number of nitrogens with zero attached hydrogens (tertiary/aromatic N) is 1. The van der Waals surface area contributed by atoms with Crippen LogP contribution >= 0.6 is 0 Å². The highest BCUT2D eigenvalue weighted by molar-refractivity contribution is 6.03. The summed E-state index contributed by atoms with van der Waals surface area (Å²) in [6.45, 7) is 1.95. The first-order valence-electron chi connectivity index (χ1n) is 7.90. The zero-order valence-electron chi connectivity index (χ0n) is 13.1. The summed E-state index contributed by atoms with van der Waals surface area (Å²) in [6.07, 6.45) is 1.49. The number of para-hydroxylation sites is 1. The molecule has 0 aromatic heterocycles. The third kappa shape index (κ3) is 3.42. The Morgan fingerprint density at radius 2 is 1.87 bits per heavy atom. The van der Waals surface area contributed by atoms with Gasteiger partial charge in [-0.2, -0.15) is 5.10 Å². The molecule has 1 aliphatic carbocycles. The van der Waals surface area contributed by atoms with Crippen LogP contribution < -0.4 is 5.43 Å². The number of nitrogens with one attached hydrogen (secondary N) is 1. The van der Waals surface area contributed by atoms with Gasteiger partial charge in [-0.3, -0.25) is 4.79 Å². The van der Waals surface area contributed by atoms with Gasteiger partial charge in [0.1, 0.15) is 5.75 Å². The van der Waals surface area contributed by atoms with Crippen LogP contribution in [0.4, 0.5) is 0 Å². The minimum atomic E-state index is -0.0553. The molecule has 4 heteroatoms. The van der Waals surface area contributed by atoms with Crippen molar-refractivity contribution in [3.63, 3.8) is 0 Å². The first-order chi connectivity index (χ1) is 11.2. The van der Waals surface area contributed by atoms with Crippen molar-refractivity contribution in [3.05, 3.63) is 65.7 Å². The zero-order valence-corrected chi connectivity index (χ0v) is 13.1. The number of amides is 1. The normalized spacial score (nSPS) is 20.1. The zero-order chi connectivity index (χ0) is 16.2. The predicted molar refractivity (Wildman–Crippen MR) is 90.4 cm³/mol. The number of aromatic hydroxyl groups is 1. The number of hydrazone groups is 1. The van der Waals surface area contributed by atoms with Crippen LogP contribution in [0, 0.1) is 5.92 Å². The Morgan fingerprint density at radius 1 is 1.17 bits per heavy atom. The van der Waals surface area contributed by atoms with Gasteiger partial charge in [0.2, 0.25) is 5.91 Å². The number of hydrogen-bond donors (Lipinski definition) is 2. The van der Waals surface area contributed by atoms with E-state index < -0.39 is 0 Å². The van der Waals surface area contributed by atoms with Crippen LogP contribution in [0.25, 0.3) is 0 Å². The van der Waals surface area contributed by atoms with E-state index in [0.717, 1.165) is 6.42 Å². The van der Waals surface area contributed by atoms with Crippen molar-refractivity contribution in [1.82, 2.24) is 5.43 Å². The number of phenols is 1. The minimum absolute atomic E-state index is 0.0105. The second kappa shape index (κ2) is 6.65. The standard InChI is InChI=1S/C19H20N2O2/c1-2-17(14-10-6-7-11-18(14)22)20-21-19(23)16-12-15(16)13-8-4-3-5-9-13/h3-11,15-16,22H,2,12H2,1H3,(H,21,23)/t15-,16+/m0/s1. The molecule has 0 unspecified atom stereocenters. The van der Waals surface area contributed by atoms with Gasteiger partial charge in [-0.15, -0.1) is 0 Å². The third-order valence-corrected chi connectivity index (χ3v) is 4.21. The molecular weight excluding hydrogens is 288 g/mol. The molecule has 118 valence electrons. The molecule has 3 rings (SSSR count). The van der Waals surface area contributed by atoms with E-state index in [9.17, 15) is 9.90 Å². The molecular formula is C19H20N2O2. The van der Waals surface area contributed by atoms with Crippen LogP contribution in [-0.4, -0.2) is 16.7 Å². The fraction of sp³-hybridized carbons (Fsp3) is 0.263. The molecule has 0 saturated heterocycles. The molecule has 1 amide bonds. The second-order valence-electron chi connectivity index (χ2n) is 5.76. The van der Waals surface area contributed by atoms with Gasteiger partial charge in [0.25, 0.3) is 0 Å². The quantitative estimate of drug-likeness (QED) is 0.656. The number of benzene rings is 2. The molecule has 0 aliphatic heterocycles. The van der Waals surface area contributed by atoms with Crippen LogP contribution in [0.5, 0.6) is 5.75 Å². The molecule has 0 bridgehead atoms. The second-order valence-corrected chi connectivity index (χ2v) is 5.76. The van der Waals surface area contributed by atoms with Gasteiger partial charge in [-0.1, -0.05) is 49.4 Å². The molecule has 2 aromatic rings. The molecule has 1 saturated carbocycles. The van der Waals surface area contributed by atoms with Gasteiger partial charge in [0.05, 0.1) is 5.71 Å². The van der Waals surface area contributed by atoms with E-state index in [2.05, 4.69) is 22.7 Å². The molecule has 2 atom stereocenters. The van der Waals surface area contributed by atoms with E-state index in [0.29, 0.717) is 23.6 Å². The van der Waals surface area contributed by atoms with E-state index in [1.54, 1.807) is 18.2 Å². The number of hydrogen-bond acceptors (Lipinski definition) is 3. The van der Waals surface area contributed by atoms with Crippen LogP contribution in [0.3, 0.4) is 0 Å². The summed E-state index contributed by atoms with van der Waals surface area (Å²) in [5, 5.41) is 14.1. The van der Waals surface area contributed by atoms with Crippen molar-refractivity contribution in [3.8, 4) is 5.75 Å².